The van der Waals surface area contributed by atoms with Crippen LogP contribution in [0.25, 0.3) is 0 Å². The molecule has 0 aliphatic rings. The second-order valence-corrected chi connectivity index (χ2v) is 4.77. The summed E-state index contributed by atoms with van der Waals surface area (Å²) < 4.78 is 0.297. The minimum Gasteiger partial charge on any atom is -0.506 e. The predicted octanol–water partition coefficient (Wildman–Crippen LogP) is 2.36. The molecule has 0 saturated heterocycles. The van der Waals surface area contributed by atoms with Crippen LogP contribution in [-0.4, -0.2) is 10.2 Å². The smallest absolute Gasteiger partial charge is 0.138 e. The number of aryl methyl sites for hydroxylation is 1. The number of benzene rings is 1. The molecule has 0 atom stereocenters. The lowest BCUT2D eigenvalue weighted by Gasteiger charge is -2.22. The van der Waals surface area contributed by atoms with Crippen molar-refractivity contribution in [3.05, 3.63) is 21.7 Å². The van der Waals surface area contributed by atoms with Crippen molar-refractivity contribution in [2.24, 2.45) is 5.73 Å². The third-order valence-electron chi connectivity index (χ3n) is 2.10. The van der Waals surface area contributed by atoms with Gasteiger partial charge in [0.25, 0.3) is 0 Å². The molecule has 0 radical (unpaired) electrons. The summed E-state index contributed by atoms with van der Waals surface area (Å²) >= 11 is 3.12. The quantitative estimate of drug-likeness (QED) is 0.726. The molecule has 1 aromatic rings. The van der Waals surface area contributed by atoms with Gasteiger partial charge in [0.2, 0.25) is 0 Å². The average molecular weight is 260 g/mol. The van der Waals surface area contributed by atoms with Crippen molar-refractivity contribution in [2.45, 2.75) is 26.3 Å². The Kier molecular flexibility index (Phi) is 2.78. The Morgan fingerprint density at radius 1 is 1.29 bits per heavy atom. The lowest BCUT2D eigenvalue weighted by atomic mass is 9.93. The van der Waals surface area contributed by atoms with E-state index in [1.807, 2.05) is 0 Å². The van der Waals surface area contributed by atoms with E-state index >= 15 is 0 Å². The van der Waals surface area contributed by atoms with E-state index in [-0.39, 0.29) is 11.5 Å². The number of aromatic hydroxyl groups is 2. The molecule has 1 rings (SSSR count). The van der Waals surface area contributed by atoms with Crippen molar-refractivity contribution >= 4 is 15.9 Å². The van der Waals surface area contributed by atoms with Crippen LogP contribution < -0.4 is 5.73 Å². The molecule has 0 saturated carbocycles. The Morgan fingerprint density at radius 3 is 2.21 bits per heavy atom. The lowest BCUT2D eigenvalue weighted by Crippen LogP contribution is -2.28. The molecule has 14 heavy (non-hydrogen) atoms. The first-order valence-corrected chi connectivity index (χ1v) is 5.05. The third kappa shape index (κ3) is 1.86. The number of phenolic OH excluding ortho intramolecular Hbond substituents is 2. The molecule has 0 heterocycles. The van der Waals surface area contributed by atoms with Crippen molar-refractivity contribution in [1.29, 1.82) is 0 Å². The fourth-order valence-corrected chi connectivity index (χ4v) is 1.77. The van der Waals surface area contributed by atoms with E-state index < -0.39 is 5.54 Å². The fourth-order valence-electron chi connectivity index (χ4n) is 1.25. The molecule has 0 spiro atoms. The van der Waals surface area contributed by atoms with Crippen LogP contribution in [0.1, 0.15) is 25.0 Å². The first-order valence-electron chi connectivity index (χ1n) is 4.25. The summed E-state index contributed by atoms with van der Waals surface area (Å²) in [4.78, 5) is 0. The van der Waals surface area contributed by atoms with Gasteiger partial charge in [-0.15, -0.1) is 0 Å². The molecular weight excluding hydrogens is 246 g/mol. The molecule has 0 aliphatic heterocycles. The summed E-state index contributed by atoms with van der Waals surface area (Å²) in [7, 11) is 0. The first kappa shape index (κ1) is 11.3. The van der Waals surface area contributed by atoms with Crippen LogP contribution in [0.4, 0.5) is 0 Å². The monoisotopic (exact) mass is 259 g/mol. The van der Waals surface area contributed by atoms with Crippen molar-refractivity contribution in [1.82, 2.24) is 0 Å². The largest absolute Gasteiger partial charge is 0.506 e. The summed E-state index contributed by atoms with van der Waals surface area (Å²) in [5.74, 6) is 0.0519. The molecule has 0 fully saturated rings. The fraction of sp³-hybridized carbons (Fsp3) is 0.400. The Labute approximate surface area is 91.7 Å². The molecule has 0 unspecified atom stereocenters. The van der Waals surface area contributed by atoms with Crippen LogP contribution in [0.15, 0.2) is 10.5 Å². The predicted molar refractivity (Wildman–Crippen MR) is 59.4 cm³/mol. The van der Waals surface area contributed by atoms with Gasteiger partial charge in [-0.3, -0.25) is 0 Å². The van der Waals surface area contributed by atoms with Crippen LogP contribution in [-0.2, 0) is 5.54 Å². The first-order chi connectivity index (χ1) is 6.25. The Balaban J connectivity index is 3.49. The van der Waals surface area contributed by atoms with E-state index in [4.69, 9.17) is 5.73 Å². The highest BCUT2D eigenvalue weighted by Gasteiger charge is 2.22. The summed E-state index contributed by atoms with van der Waals surface area (Å²) in [6.07, 6.45) is 0. The van der Waals surface area contributed by atoms with Gasteiger partial charge in [0.1, 0.15) is 16.0 Å². The number of nitrogens with two attached hydrogens (primary N) is 1. The molecule has 0 aliphatic carbocycles. The number of hydrogen-bond donors (Lipinski definition) is 3. The number of hydrogen-bond acceptors (Lipinski definition) is 3. The topological polar surface area (TPSA) is 66.5 Å². The number of rotatable bonds is 1. The van der Waals surface area contributed by atoms with Gasteiger partial charge in [-0.2, -0.15) is 0 Å². The van der Waals surface area contributed by atoms with Crippen LogP contribution in [0.3, 0.4) is 0 Å². The standard InChI is InChI=1S/C10H14BrNO2/c1-5-4-6(10(2,3)12)9(14)7(11)8(5)13/h4,13-14H,12H2,1-3H3. The van der Waals surface area contributed by atoms with Gasteiger partial charge < -0.3 is 15.9 Å². The minimum atomic E-state index is -0.634. The average Bonchev–Trinajstić information content (AvgIpc) is 2.06. The zero-order valence-electron chi connectivity index (χ0n) is 8.43. The SMILES string of the molecule is Cc1cc(C(C)(C)N)c(O)c(Br)c1O. The van der Waals surface area contributed by atoms with Crippen molar-refractivity contribution in [2.75, 3.05) is 0 Å². The molecule has 4 heteroatoms. The van der Waals surface area contributed by atoms with Gasteiger partial charge in [-0.25, -0.2) is 0 Å². The molecule has 1 aromatic carbocycles. The number of halogens is 1. The molecule has 0 amide bonds. The maximum absolute atomic E-state index is 9.75. The van der Waals surface area contributed by atoms with Crippen molar-refractivity contribution in [3.8, 4) is 11.5 Å². The second kappa shape index (κ2) is 3.44. The van der Waals surface area contributed by atoms with Gasteiger partial charge in [0.05, 0.1) is 0 Å². The van der Waals surface area contributed by atoms with Crippen LogP contribution in [0.2, 0.25) is 0 Å². The molecule has 0 bridgehead atoms. The molecular formula is C10H14BrNO2. The van der Waals surface area contributed by atoms with E-state index in [1.54, 1.807) is 26.8 Å². The highest BCUT2D eigenvalue weighted by atomic mass is 79.9. The van der Waals surface area contributed by atoms with Gasteiger partial charge in [0.15, 0.2) is 0 Å². The highest BCUT2D eigenvalue weighted by Crippen LogP contribution is 2.41. The zero-order chi connectivity index (χ0) is 11.1. The lowest BCUT2D eigenvalue weighted by molar-refractivity contribution is 0.420. The van der Waals surface area contributed by atoms with E-state index in [9.17, 15) is 10.2 Å². The third-order valence-corrected chi connectivity index (χ3v) is 2.85. The summed E-state index contributed by atoms with van der Waals surface area (Å²) in [6.45, 7) is 5.35. The molecule has 0 aromatic heterocycles. The Morgan fingerprint density at radius 2 is 1.79 bits per heavy atom. The van der Waals surface area contributed by atoms with E-state index in [0.29, 0.717) is 15.6 Å². The Hall–Kier alpha value is -0.740. The van der Waals surface area contributed by atoms with Crippen LogP contribution >= 0.6 is 15.9 Å². The van der Waals surface area contributed by atoms with Crippen molar-refractivity contribution in [3.63, 3.8) is 0 Å². The van der Waals surface area contributed by atoms with Gasteiger partial charge in [-0.1, -0.05) is 0 Å². The minimum absolute atomic E-state index is 0.000556. The van der Waals surface area contributed by atoms with E-state index in [0.717, 1.165) is 0 Å². The maximum Gasteiger partial charge on any atom is 0.138 e. The van der Waals surface area contributed by atoms with Crippen LogP contribution in [0.5, 0.6) is 11.5 Å². The zero-order valence-corrected chi connectivity index (χ0v) is 10.0. The summed E-state index contributed by atoms with van der Waals surface area (Å²) in [5.41, 5.74) is 6.54. The van der Waals surface area contributed by atoms with Crippen molar-refractivity contribution < 1.29 is 10.2 Å². The van der Waals surface area contributed by atoms with E-state index in [2.05, 4.69) is 15.9 Å². The second-order valence-electron chi connectivity index (χ2n) is 3.97. The van der Waals surface area contributed by atoms with Crippen LogP contribution in [0, 0.1) is 6.92 Å². The highest BCUT2D eigenvalue weighted by molar-refractivity contribution is 9.10. The molecule has 4 N–H and O–H groups in total. The van der Waals surface area contributed by atoms with Gasteiger partial charge >= 0.3 is 0 Å². The van der Waals surface area contributed by atoms with Gasteiger partial charge in [0, 0.05) is 11.1 Å². The Bertz CT molecular complexity index is 369. The van der Waals surface area contributed by atoms with E-state index in [1.165, 1.54) is 0 Å². The molecule has 78 valence electrons. The summed E-state index contributed by atoms with van der Waals surface area (Å²) in [6, 6.07) is 1.69. The normalized spacial score (nSPS) is 11.8. The maximum atomic E-state index is 9.75. The number of phenols is 2. The van der Waals surface area contributed by atoms with Gasteiger partial charge in [-0.05, 0) is 48.3 Å². The molecule has 3 nitrogen and oxygen atoms in total. The summed E-state index contributed by atoms with van der Waals surface area (Å²) in [5, 5.41) is 19.3.